The zero-order chi connectivity index (χ0) is 20.1. The Bertz CT molecular complexity index is 878. The minimum Gasteiger partial charge on any atom is -0.540 e. The molecule has 0 aliphatic heterocycles. The Hall–Kier alpha value is -2.19. The van der Waals surface area contributed by atoms with E-state index in [1.54, 1.807) is 0 Å². The Morgan fingerprint density at radius 2 is 1.46 bits per heavy atom. The van der Waals surface area contributed by atoms with E-state index >= 15 is 0 Å². The van der Waals surface area contributed by atoms with Gasteiger partial charge in [0.1, 0.15) is 7.28 Å². The summed E-state index contributed by atoms with van der Waals surface area (Å²) in [6, 6.07) is 16.8. The second kappa shape index (κ2) is 8.87. The largest absolute Gasteiger partial charge is 0.569 e. The predicted octanol–water partition coefficient (Wildman–Crippen LogP) is 5.27. The van der Waals surface area contributed by atoms with E-state index in [2.05, 4.69) is 71.4 Å². The Balaban J connectivity index is 0.000000167. The molecule has 0 aromatic heterocycles. The van der Waals surface area contributed by atoms with Gasteiger partial charge in [0.05, 0.1) is 5.76 Å². The van der Waals surface area contributed by atoms with Gasteiger partial charge in [0, 0.05) is 6.42 Å². The maximum Gasteiger partial charge on any atom is 0.569 e. The van der Waals surface area contributed by atoms with Crippen LogP contribution in [-0.2, 0) is 17.5 Å². The molecule has 0 spiro atoms. The Morgan fingerprint density at radius 1 is 0.893 bits per heavy atom. The van der Waals surface area contributed by atoms with Crippen LogP contribution in [0.15, 0.2) is 59.8 Å². The lowest BCUT2D eigenvalue weighted by Crippen LogP contribution is -2.19. The minimum absolute atomic E-state index is 0.357. The van der Waals surface area contributed by atoms with Gasteiger partial charge in [0.15, 0.2) is 0 Å². The average molecular weight is 370 g/mol. The van der Waals surface area contributed by atoms with Gasteiger partial charge in [-0.3, -0.25) is 0 Å². The van der Waals surface area contributed by atoms with Crippen molar-refractivity contribution in [3.05, 3.63) is 82.0 Å². The van der Waals surface area contributed by atoms with Crippen LogP contribution in [0, 0.1) is 5.41 Å². The second-order valence-electron chi connectivity index (χ2n) is 8.63. The summed E-state index contributed by atoms with van der Waals surface area (Å²) in [5, 5.41) is 8.42. The van der Waals surface area contributed by atoms with Gasteiger partial charge in [-0.1, -0.05) is 88.1 Å². The molecular weight excluding hydrogens is 342 g/mol. The third-order valence-electron chi connectivity index (χ3n) is 5.56. The van der Waals surface area contributed by atoms with Crippen molar-refractivity contribution in [3.63, 3.8) is 0 Å². The molecule has 2 radical (unpaired) electrons. The lowest BCUT2D eigenvalue weighted by Gasteiger charge is -2.27. The van der Waals surface area contributed by atoms with Crippen LogP contribution in [0.2, 0.25) is 5.82 Å². The first-order valence-electron chi connectivity index (χ1n) is 9.91. The SMILES string of the molecule is CC([B]C1=Cc2ccccc2C1)C(C)(C)C.O[B]OC1=Cc2ccccc2C1. The summed E-state index contributed by atoms with van der Waals surface area (Å²) in [5.74, 6) is 1.41. The molecule has 2 aromatic rings. The van der Waals surface area contributed by atoms with Crippen molar-refractivity contribution in [2.45, 2.75) is 46.4 Å². The molecule has 0 fully saturated rings. The fourth-order valence-electron chi connectivity index (χ4n) is 3.38. The van der Waals surface area contributed by atoms with E-state index in [1.807, 2.05) is 24.3 Å². The van der Waals surface area contributed by atoms with Crippen molar-refractivity contribution < 1.29 is 9.68 Å². The van der Waals surface area contributed by atoms with E-state index in [-0.39, 0.29) is 0 Å². The molecule has 0 bridgehead atoms. The van der Waals surface area contributed by atoms with Crippen LogP contribution in [-0.4, -0.2) is 20.0 Å². The van der Waals surface area contributed by atoms with Crippen molar-refractivity contribution >= 4 is 27.1 Å². The van der Waals surface area contributed by atoms with E-state index in [1.165, 1.54) is 27.7 Å². The number of fused-ring (bicyclic) bond motifs is 2. The van der Waals surface area contributed by atoms with Crippen LogP contribution in [0.4, 0.5) is 0 Å². The molecule has 2 aliphatic rings. The van der Waals surface area contributed by atoms with E-state index in [0.29, 0.717) is 11.2 Å². The predicted molar refractivity (Wildman–Crippen MR) is 120 cm³/mol. The van der Waals surface area contributed by atoms with Crippen molar-refractivity contribution in [1.82, 2.24) is 0 Å². The number of hydrogen-bond acceptors (Lipinski definition) is 2. The summed E-state index contributed by atoms with van der Waals surface area (Å²) < 4.78 is 4.88. The van der Waals surface area contributed by atoms with Crippen molar-refractivity contribution in [2.24, 2.45) is 5.41 Å². The Kier molecular flexibility index (Phi) is 6.51. The Labute approximate surface area is 170 Å². The van der Waals surface area contributed by atoms with E-state index in [0.717, 1.165) is 26.3 Å². The van der Waals surface area contributed by atoms with Gasteiger partial charge in [-0.2, -0.15) is 0 Å². The number of hydrogen-bond donors (Lipinski definition) is 1. The molecule has 28 heavy (non-hydrogen) atoms. The van der Waals surface area contributed by atoms with Crippen LogP contribution in [0.5, 0.6) is 0 Å². The number of rotatable bonds is 4. The molecule has 0 saturated carbocycles. The van der Waals surface area contributed by atoms with E-state index in [9.17, 15) is 0 Å². The van der Waals surface area contributed by atoms with Gasteiger partial charge in [-0.25, -0.2) is 0 Å². The average Bonchev–Trinajstić information content (AvgIpc) is 3.24. The molecule has 0 saturated heterocycles. The first-order chi connectivity index (χ1) is 13.4. The second-order valence-corrected chi connectivity index (χ2v) is 8.63. The third-order valence-corrected chi connectivity index (χ3v) is 5.56. The smallest absolute Gasteiger partial charge is 0.540 e. The summed E-state index contributed by atoms with van der Waals surface area (Å²) in [4.78, 5) is 0. The summed E-state index contributed by atoms with van der Waals surface area (Å²) in [7, 11) is 3.15. The molecule has 142 valence electrons. The van der Waals surface area contributed by atoms with Gasteiger partial charge < -0.3 is 9.68 Å². The normalized spacial score (nSPS) is 15.3. The minimum atomic E-state index is 0.357. The molecule has 1 atom stereocenters. The van der Waals surface area contributed by atoms with Crippen molar-refractivity contribution in [1.29, 1.82) is 0 Å². The van der Waals surface area contributed by atoms with Gasteiger partial charge in [0.2, 0.25) is 0 Å². The van der Waals surface area contributed by atoms with Crippen molar-refractivity contribution in [2.75, 3.05) is 0 Å². The number of benzene rings is 2. The fraction of sp³-hybridized carbons (Fsp3) is 0.333. The van der Waals surface area contributed by atoms with E-state index in [4.69, 9.17) is 9.68 Å². The number of allylic oxidation sites excluding steroid dienone is 2. The highest BCUT2D eigenvalue weighted by Gasteiger charge is 2.23. The zero-order valence-electron chi connectivity index (χ0n) is 17.3. The standard InChI is InChI=1S/C15H20B.C9H8BO2/c1-11(15(2,3)4)16-14-9-12-7-5-6-8-13(12)10-14;11-10-12-9-5-7-3-1-2-4-8(7)6-9/h5-9,11H,10H2,1-4H3;1-5,11H,6H2. The highest BCUT2D eigenvalue weighted by molar-refractivity contribution is 6.49. The van der Waals surface area contributed by atoms with Crippen LogP contribution in [0.3, 0.4) is 0 Å². The summed E-state index contributed by atoms with van der Waals surface area (Å²) in [5.41, 5.74) is 7.12. The molecule has 0 amide bonds. The first-order valence-corrected chi connectivity index (χ1v) is 9.91. The maximum absolute atomic E-state index is 8.42. The quantitative estimate of drug-likeness (QED) is 0.744. The van der Waals surface area contributed by atoms with Crippen LogP contribution < -0.4 is 0 Å². The summed E-state index contributed by atoms with van der Waals surface area (Å²) in [6.45, 7) is 9.22. The van der Waals surface area contributed by atoms with Gasteiger partial charge in [-0.05, 0) is 40.2 Å². The van der Waals surface area contributed by atoms with Crippen LogP contribution in [0.1, 0.15) is 49.9 Å². The third kappa shape index (κ3) is 5.20. The molecule has 2 aliphatic carbocycles. The molecule has 1 N–H and O–H groups in total. The molecule has 1 unspecified atom stereocenters. The van der Waals surface area contributed by atoms with Crippen LogP contribution in [0.25, 0.3) is 12.2 Å². The van der Waals surface area contributed by atoms with Crippen molar-refractivity contribution in [3.8, 4) is 0 Å². The van der Waals surface area contributed by atoms with Gasteiger partial charge >= 0.3 is 7.69 Å². The van der Waals surface area contributed by atoms with Gasteiger partial charge in [-0.15, -0.1) is 5.47 Å². The lowest BCUT2D eigenvalue weighted by atomic mass is 9.51. The monoisotopic (exact) mass is 370 g/mol. The topological polar surface area (TPSA) is 29.5 Å². The molecule has 2 nitrogen and oxygen atoms in total. The summed E-state index contributed by atoms with van der Waals surface area (Å²) in [6.07, 6.45) is 6.14. The first kappa shape index (κ1) is 20.5. The molecule has 4 rings (SSSR count). The summed E-state index contributed by atoms with van der Waals surface area (Å²) >= 11 is 0. The Morgan fingerprint density at radius 3 is 2.00 bits per heavy atom. The van der Waals surface area contributed by atoms with Crippen LogP contribution >= 0.6 is 0 Å². The highest BCUT2D eigenvalue weighted by atomic mass is 16.5. The fourth-order valence-corrected chi connectivity index (χ4v) is 3.38. The molecule has 0 heterocycles. The maximum atomic E-state index is 8.42. The lowest BCUT2D eigenvalue weighted by molar-refractivity contribution is 0.367. The molecule has 4 heteroatoms. The molecule has 2 aromatic carbocycles. The van der Waals surface area contributed by atoms with E-state index < -0.39 is 0 Å². The molecular formula is C24H28B2O2. The zero-order valence-corrected chi connectivity index (χ0v) is 17.3. The van der Waals surface area contributed by atoms with Gasteiger partial charge in [0.25, 0.3) is 0 Å². The highest BCUT2D eigenvalue weighted by Crippen LogP contribution is 2.34.